The molecule has 7 nitrogen and oxygen atoms in total. The normalized spacial score (nSPS) is 14.8. The highest BCUT2D eigenvalue weighted by Gasteiger charge is 2.24. The van der Waals surface area contributed by atoms with Crippen LogP contribution in [0.5, 0.6) is 0 Å². The lowest BCUT2D eigenvalue weighted by atomic mass is 10.2. The molecule has 0 aromatic heterocycles. The molecule has 130 valence electrons. The molecular formula is C16H27N3O4. The van der Waals surface area contributed by atoms with E-state index >= 15 is 0 Å². The van der Waals surface area contributed by atoms with Crippen molar-refractivity contribution >= 4 is 17.9 Å². The Labute approximate surface area is 137 Å². The minimum atomic E-state index is -0.519. The molecule has 3 amide bonds. The summed E-state index contributed by atoms with van der Waals surface area (Å²) in [6.45, 7) is 10.5. The van der Waals surface area contributed by atoms with Gasteiger partial charge < -0.3 is 20.3 Å². The number of hydrogen-bond donors (Lipinski definition) is 2. The number of hydrogen-bond acceptors (Lipinski definition) is 4. The van der Waals surface area contributed by atoms with Crippen LogP contribution in [0.25, 0.3) is 0 Å². The van der Waals surface area contributed by atoms with Crippen LogP contribution in [0.15, 0.2) is 12.3 Å². The number of rotatable bonds is 7. The summed E-state index contributed by atoms with van der Waals surface area (Å²) in [7, 11) is 0. The van der Waals surface area contributed by atoms with Crippen LogP contribution in [0.1, 0.15) is 46.5 Å². The van der Waals surface area contributed by atoms with Gasteiger partial charge in [-0.15, -0.1) is 0 Å². The van der Waals surface area contributed by atoms with Crippen molar-refractivity contribution < 1.29 is 19.1 Å². The van der Waals surface area contributed by atoms with Gasteiger partial charge in [0.05, 0.1) is 0 Å². The monoisotopic (exact) mass is 325 g/mol. The van der Waals surface area contributed by atoms with E-state index in [1.54, 1.807) is 25.7 Å². The minimum absolute atomic E-state index is 0.0318. The van der Waals surface area contributed by atoms with Crippen LogP contribution in [0.3, 0.4) is 0 Å². The first-order chi connectivity index (χ1) is 10.7. The van der Waals surface area contributed by atoms with Gasteiger partial charge in [0.25, 0.3) is 0 Å². The Morgan fingerprint density at radius 1 is 1.22 bits per heavy atom. The van der Waals surface area contributed by atoms with E-state index in [1.807, 2.05) is 0 Å². The average Bonchev–Trinajstić information content (AvgIpc) is 2.73. The van der Waals surface area contributed by atoms with Gasteiger partial charge in [0.2, 0.25) is 11.8 Å². The van der Waals surface area contributed by atoms with Gasteiger partial charge in [0.15, 0.2) is 0 Å². The maximum Gasteiger partial charge on any atom is 0.407 e. The first-order valence-electron chi connectivity index (χ1n) is 7.91. The van der Waals surface area contributed by atoms with Crippen molar-refractivity contribution in [3.63, 3.8) is 0 Å². The lowest BCUT2D eigenvalue weighted by molar-refractivity contribution is -0.127. The third-order valence-electron chi connectivity index (χ3n) is 3.22. The van der Waals surface area contributed by atoms with Gasteiger partial charge in [-0.1, -0.05) is 6.58 Å². The van der Waals surface area contributed by atoms with Crippen molar-refractivity contribution in [2.45, 2.75) is 52.1 Å². The molecule has 1 rings (SSSR count). The Hall–Kier alpha value is -2.05. The van der Waals surface area contributed by atoms with Crippen LogP contribution in [-0.2, 0) is 14.3 Å². The number of alkyl carbamates (subject to hydrolysis) is 1. The fraction of sp³-hybridized carbons (Fsp3) is 0.688. The molecule has 1 heterocycles. The molecule has 23 heavy (non-hydrogen) atoms. The molecular weight excluding hydrogens is 298 g/mol. The lowest BCUT2D eigenvalue weighted by Crippen LogP contribution is -2.35. The van der Waals surface area contributed by atoms with Gasteiger partial charge in [-0.2, -0.15) is 0 Å². The zero-order valence-corrected chi connectivity index (χ0v) is 14.2. The van der Waals surface area contributed by atoms with E-state index in [1.165, 1.54) is 0 Å². The lowest BCUT2D eigenvalue weighted by Gasteiger charge is -2.19. The summed E-state index contributed by atoms with van der Waals surface area (Å²) in [5.41, 5.74) is 0.263. The zero-order valence-electron chi connectivity index (χ0n) is 14.2. The quantitative estimate of drug-likeness (QED) is 0.695. The highest BCUT2D eigenvalue weighted by atomic mass is 16.6. The molecule has 1 saturated heterocycles. The second-order valence-corrected chi connectivity index (χ2v) is 6.49. The SMILES string of the molecule is C=C1CCC(=O)N1CCC(=O)NCCCNC(=O)OC(C)(C)C. The predicted octanol–water partition coefficient (Wildman–Crippen LogP) is 1.54. The van der Waals surface area contributed by atoms with E-state index in [9.17, 15) is 14.4 Å². The zero-order chi connectivity index (χ0) is 17.5. The number of likely N-dealkylation sites (tertiary alicyclic amines) is 1. The van der Waals surface area contributed by atoms with Crippen molar-refractivity contribution in [2.75, 3.05) is 19.6 Å². The molecule has 0 spiro atoms. The summed E-state index contributed by atoms with van der Waals surface area (Å²) in [5.74, 6) is -0.0841. The molecule has 0 saturated carbocycles. The molecule has 0 aromatic carbocycles. The summed E-state index contributed by atoms with van der Waals surface area (Å²) in [6.07, 6.45) is 1.56. The van der Waals surface area contributed by atoms with Gasteiger partial charge in [0, 0.05) is 38.2 Å². The molecule has 7 heteroatoms. The Kier molecular flexibility index (Phi) is 7.06. The number of nitrogens with zero attached hydrogens (tertiary/aromatic N) is 1. The highest BCUT2D eigenvalue weighted by molar-refractivity contribution is 5.82. The van der Waals surface area contributed by atoms with Crippen molar-refractivity contribution in [3.05, 3.63) is 12.3 Å². The van der Waals surface area contributed by atoms with Crippen molar-refractivity contribution in [2.24, 2.45) is 0 Å². The molecule has 1 aliphatic rings. The smallest absolute Gasteiger partial charge is 0.407 e. The Balaban J connectivity index is 2.07. The number of amides is 3. The molecule has 0 radical (unpaired) electrons. The van der Waals surface area contributed by atoms with E-state index < -0.39 is 11.7 Å². The number of allylic oxidation sites excluding steroid dienone is 1. The van der Waals surface area contributed by atoms with Gasteiger partial charge >= 0.3 is 6.09 Å². The third kappa shape index (κ3) is 7.67. The summed E-state index contributed by atoms with van der Waals surface area (Å²) in [5, 5.41) is 5.38. The van der Waals surface area contributed by atoms with Gasteiger partial charge in [-0.3, -0.25) is 9.59 Å². The van der Waals surface area contributed by atoms with Crippen LogP contribution < -0.4 is 10.6 Å². The second-order valence-electron chi connectivity index (χ2n) is 6.49. The van der Waals surface area contributed by atoms with Gasteiger partial charge in [-0.25, -0.2) is 4.79 Å². The Morgan fingerprint density at radius 2 is 1.87 bits per heavy atom. The second kappa shape index (κ2) is 8.55. The summed E-state index contributed by atoms with van der Waals surface area (Å²) in [6, 6.07) is 0. The first kappa shape index (κ1) is 19.0. The summed E-state index contributed by atoms with van der Waals surface area (Å²) < 4.78 is 5.10. The maximum atomic E-state index is 11.7. The van der Waals surface area contributed by atoms with Gasteiger partial charge in [-0.05, 0) is 33.6 Å². The van der Waals surface area contributed by atoms with E-state index in [0.29, 0.717) is 38.9 Å². The standard InChI is InChI=1S/C16H27N3O4/c1-12-6-7-14(21)19(12)11-8-13(20)17-9-5-10-18-15(22)23-16(2,3)4/h1,5-11H2,2-4H3,(H,17,20)(H,18,22). The largest absolute Gasteiger partial charge is 0.444 e. The summed E-state index contributed by atoms with van der Waals surface area (Å²) >= 11 is 0. The Morgan fingerprint density at radius 3 is 2.43 bits per heavy atom. The predicted molar refractivity (Wildman–Crippen MR) is 86.6 cm³/mol. The average molecular weight is 325 g/mol. The van der Waals surface area contributed by atoms with Crippen LogP contribution in [0.2, 0.25) is 0 Å². The number of carbonyl (C=O) groups excluding carboxylic acids is 3. The molecule has 1 fully saturated rings. The molecule has 0 unspecified atom stereocenters. The highest BCUT2D eigenvalue weighted by Crippen LogP contribution is 2.20. The molecule has 0 atom stereocenters. The maximum absolute atomic E-state index is 11.7. The number of nitrogens with one attached hydrogen (secondary N) is 2. The first-order valence-corrected chi connectivity index (χ1v) is 7.91. The molecule has 0 aliphatic carbocycles. The van der Waals surface area contributed by atoms with Crippen LogP contribution in [-0.4, -0.2) is 48.0 Å². The minimum Gasteiger partial charge on any atom is -0.444 e. The van der Waals surface area contributed by atoms with Crippen LogP contribution in [0, 0.1) is 0 Å². The fourth-order valence-corrected chi connectivity index (χ4v) is 2.10. The van der Waals surface area contributed by atoms with Crippen molar-refractivity contribution in [3.8, 4) is 0 Å². The number of carbonyl (C=O) groups is 3. The molecule has 1 aliphatic heterocycles. The topological polar surface area (TPSA) is 87.7 Å². The Bertz CT molecular complexity index is 452. The third-order valence-corrected chi connectivity index (χ3v) is 3.22. The van der Waals surface area contributed by atoms with E-state index in [4.69, 9.17) is 4.74 Å². The molecule has 2 N–H and O–H groups in total. The number of ether oxygens (including phenoxy) is 1. The summed E-state index contributed by atoms with van der Waals surface area (Å²) in [4.78, 5) is 36.2. The van der Waals surface area contributed by atoms with Gasteiger partial charge in [0.1, 0.15) is 5.60 Å². The van der Waals surface area contributed by atoms with Crippen molar-refractivity contribution in [1.29, 1.82) is 0 Å². The van der Waals surface area contributed by atoms with Crippen molar-refractivity contribution in [1.82, 2.24) is 15.5 Å². The van der Waals surface area contributed by atoms with Crippen LogP contribution in [0.4, 0.5) is 4.79 Å². The molecule has 0 bridgehead atoms. The fourth-order valence-electron chi connectivity index (χ4n) is 2.10. The van der Waals surface area contributed by atoms with E-state index in [2.05, 4.69) is 17.2 Å². The van der Waals surface area contributed by atoms with E-state index in [0.717, 1.165) is 5.70 Å². The molecule has 0 aromatic rings. The van der Waals surface area contributed by atoms with E-state index in [-0.39, 0.29) is 18.2 Å². The van der Waals surface area contributed by atoms with Crippen LogP contribution >= 0.6 is 0 Å².